The van der Waals surface area contributed by atoms with E-state index in [9.17, 15) is 19.8 Å². The number of phenolic OH excluding ortho intramolecular Hbond substituents is 2. The van der Waals surface area contributed by atoms with Gasteiger partial charge in [-0.15, -0.1) is 0 Å². The number of phenols is 2. The standard InChI is InChI=1S/C25H21N3O6/c1-15-9-18(29)12-21(30)19(15)13-26-28-25(32)20(27-24(31)17-5-3-2-4-6-17)10-16-7-8-22-23(11-16)34-14-33-22/h2-13,29-30H,14H2,1H3,(H,27,31)(H,28,32)/b20-10-,26-13+. The minimum atomic E-state index is -0.686. The van der Waals surface area contributed by atoms with Gasteiger partial charge in [0, 0.05) is 17.2 Å². The Balaban J connectivity index is 1.58. The number of nitrogens with zero attached hydrogens (tertiary/aromatic N) is 1. The highest BCUT2D eigenvalue weighted by molar-refractivity contribution is 6.05. The van der Waals surface area contributed by atoms with Gasteiger partial charge in [-0.25, -0.2) is 5.43 Å². The number of hydrogen-bond donors (Lipinski definition) is 4. The molecule has 1 heterocycles. The Morgan fingerprint density at radius 3 is 2.53 bits per heavy atom. The van der Waals surface area contributed by atoms with Gasteiger partial charge < -0.3 is 25.0 Å². The van der Waals surface area contributed by atoms with Crippen molar-refractivity contribution in [2.75, 3.05) is 6.79 Å². The van der Waals surface area contributed by atoms with E-state index in [1.54, 1.807) is 55.5 Å². The van der Waals surface area contributed by atoms with Crippen LogP contribution in [0.5, 0.6) is 23.0 Å². The van der Waals surface area contributed by atoms with Gasteiger partial charge in [-0.3, -0.25) is 9.59 Å². The van der Waals surface area contributed by atoms with Crippen molar-refractivity contribution < 1.29 is 29.3 Å². The monoisotopic (exact) mass is 459 g/mol. The van der Waals surface area contributed by atoms with Crippen LogP contribution in [-0.2, 0) is 4.79 Å². The first-order valence-electron chi connectivity index (χ1n) is 10.2. The fourth-order valence-electron chi connectivity index (χ4n) is 3.26. The maximum atomic E-state index is 12.9. The van der Waals surface area contributed by atoms with E-state index >= 15 is 0 Å². The highest BCUT2D eigenvalue weighted by Gasteiger charge is 2.17. The van der Waals surface area contributed by atoms with Crippen molar-refractivity contribution in [3.63, 3.8) is 0 Å². The minimum absolute atomic E-state index is 0.0588. The number of aryl methyl sites for hydroxylation is 1. The normalized spacial score (nSPS) is 12.6. The molecule has 2 amide bonds. The van der Waals surface area contributed by atoms with Gasteiger partial charge in [-0.2, -0.15) is 5.10 Å². The molecule has 3 aromatic carbocycles. The first-order valence-corrected chi connectivity index (χ1v) is 10.2. The maximum absolute atomic E-state index is 12.9. The molecule has 34 heavy (non-hydrogen) atoms. The summed E-state index contributed by atoms with van der Waals surface area (Å²) in [6, 6.07) is 16.2. The quantitative estimate of drug-likeness (QED) is 0.255. The number of ether oxygens (including phenoxy) is 2. The van der Waals surface area contributed by atoms with Crippen molar-refractivity contribution in [2.24, 2.45) is 5.10 Å². The lowest BCUT2D eigenvalue weighted by atomic mass is 10.1. The molecule has 1 aliphatic rings. The zero-order valence-corrected chi connectivity index (χ0v) is 18.1. The summed E-state index contributed by atoms with van der Waals surface area (Å²) in [5, 5.41) is 26.1. The van der Waals surface area contributed by atoms with E-state index in [-0.39, 0.29) is 24.0 Å². The average molecular weight is 459 g/mol. The third-order valence-corrected chi connectivity index (χ3v) is 4.95. The fourth-order valence-corrected chi connectivity index (χ4v) is 3.26. The summed E-state index contributed by atoms with van der Waals surface area (Å²) in [6.45, 7) is 1.78. The van der Waals surface area contributed by atoms with Crippen LogP contribution in [0.2, 0.25) is 0 Å². The summed E-state index contributed by atoms with van der Waals surface area (Å²) in [4.78, 5) is 25.6. The van der Waals surface area contributed by atoms with Crippen molar-refractivity contribution >= 4 is 24.1 Å². The van der Waals surface area contributed by atoms with Gasteiger partial charge in [0.1, 0.15) is 17.2 Å². The second-order valence-electron chi connectivity index (χ2n) is 7.39. The molecule has 3 aromatic rings. The van der Waals surface area contributed by atoms with E-state index < -0.39 is 11.8 Å². The van der Waals surface area contributed by atoms with Gasteiger partial charge in [-0.1, -0.05) is 24.3 Å². The first kappa shape index (κ1) is 22.4. The maximum Gasteiger partial charge on any atom is 0.287 e. The number of hydrazone groups is 1. The van der Waals surface area contributed by atoms with Gasteiger partial charge in [0.25, 0.3) is 11.8 Å². The highest BCUT2D eigenvalue weighted by Crippen LogP contribution is 2.33. The second kappa shape index (κ2) is 9.78. The summed E-state index contributed by atoms with van der Waals surface area (Å²) in [6.07, 6.45) is 2.73. The van der Waals surface area contributed by atoms with E-state index in [1.165, 1.54) is 24.4 Å². The Kier molecular flexibility index (Phi) is 6.45. The lowest BCUT2D eigenvalue weighted by Crippen LogP contribution is -2.32. The number of carbonyl (C=O) groups excluding carboxylic acids is 2. The number of hydrogen-bond acceptors (Lipinski definition) is 7. The van der Waals surface area contributed by atoms with Crippen molar-refractivity contribution in [3.05, 3.63) is 88.6 Å². The van der Waals surface area contributed by atoms with Crippen molar-refractivity contribution in [1.82, 2.24) is 10.7 Å². The molecule has 1 aliphatic heterocycles. The molecule has 0 aliphatic carbocycles. The topological polar surface area (TPSA) is 129 Å². The molecular formula is C25H21N3O6. The third kappa shape index (κ3) is 5.16. The molecule has 4 N–H and O–H groups in total. The van der Waals surface area contributed by atoms with Crippen LogP contribution in [0.3, 0.4) is 0 Å². The number of benzene rings is 3. The minimum Gasteiger partial charge on any atom is -0.508 e. The lowest BCUT2D eigenvalue weighted by Gasteiger charge is -2.10. The molecule has 0 fully saturated rings. The molecule has 0 spiro atoms. The molecule has 0 atom stereocenters. The van der Waals surface area contributed by atoms with Crippen LogP contribution in [0, 0.1) is 6.92 Å². The van der Waals surface area contributed by atoms with E-state index in [2.05, 4.69) is 15.8 Å². The molecular weight excluding hydrogens is 438 g/mol. The molecule has 9 heteroatoms. The zero-order valence-electron chi connectivity index (χ0n) is 18.1. The van der Waals surface area contributed by atoms with Gasteiger partial charge in [-0.05, 0) is 54.5 Å². The SMILES string of the molecule is Cc1cc(O)cc(O)c1/C=N/NC(=O)/C(=C/c1ccc2c(c1)OCO2)NC(=O)c1ccccc1. The number of aromatic hydroxyl groups is 2. The van der Waals surface area contributed by atoms with E-state index in [1.807, 2.05) is 0 Å². The first-order chi connectivity index (χ1) is 16.4. The number of amides is 2. The van der Waals surface area contributed by atoms with Gasteiger partial charge in [0.15, 0.2) is 11.5 Å². The number of nitrogens with one attached hydrogen (secondary N) is 2. The summed E-state index contributed by atoms with van der Waals surface area (Å²) in [7, 11) is 0. The molecule has 172 valence electrons. The zero-order chi connectivity index (χ0) is 24.1. The Hall–Kier alpha value is -4.79. The molecule has 0 aromatic heterocycles. The molecule has 0 radical (unpaired) electrons. The van der Waals surface area contributed by atoms with Crippen molar-refractivity contribution in [3.8, 4) is 23.0 Å². The van der Waals surface area contributed by atoms with Crippen molar-refractivity contribution in [2.45, 2.75) is 6.92 Å². The number of carbonyl (C=O) groups is 2. The fraction of sp³-hybridized carbons (Fsp3) is 0.0800. The Bertz CT molecular complexity index is 1280. The summed E-state index contributed by atoms with van der Waals surface area (Å²) < 4.78 is 10.7. The molecule has 0 bridgehead atoms. The Morgan fingerprint density at radius 2 is 1.76 bits per heavy atom. The molecule has 0 unspecified atom stereocenters. The molecule has 9 nitrogen and oxygen atoms in total. The molecule has 4 rings (SSSR count). The predicted molar refractivity (Wildman–Crippen MR) is 125 cm³/mol. The lowest BCUT2D eigenvalue weighted by molar-refractivity contribution is -0.117. The van der Waals surface area contributed by atoms with Gasteiger partial charge >= 0.3 is 0 Å². The van der Waals surface area contributed by atoms with Crippen LogP contribution in [0.25, 0.3) is 6.08 Å². The third-order valence-electron chi connectivity index (χ3n) is 4.95. The molecule has 0 saturated heterocycles. The Morgan fingerprint density at radius 1 is 1.00 bits per heavy atom. The Labute approximate surface area is 195 Å². The highest BCUT2D eigenvalue weighted by atomic mass is 16.7. The predicted octanol–water partition coefficient (Wildman–Crippen LogP) is 3.06. The van der Waals surface area contributed by atoms with E-state index in [4.69, 9.17) is 9.47 Å². The van der Waals surface area contributed by atoms with Crippen LogP contribution in [-0.4, -0.2) is 35.0 Å². The largest absolute Gasteiger partial charge is 0.508 e. The van der Waals surface area contributed by atoms with Crippen LogP contribution in [0.1, 0.15) is 27.0 Å². The summed E-state index contributed by atoms with van der Waals surface area (Å²) in [5.41, 5.74) is 4.15. The van der Waals surface area contributed by atoms with E-state index in [0.29, 0.717) is 33.8 Å². The van der Waals surface area contributed by atoms with Crippen molar-refractivity contribution in [1.29, 1.82) is 0 Å². The van der Waals surface area contributed by atoms with Crippen LogP contribution < -0.4 is 20.2 Å². The number of rotatable bonds is 6. The van der Waals surface area contributed by atoms with Gasteiger partial charge in [0.2, 0.25) is 6.79 Å². The van der Waals surface area contributed by atoms with Gasteiger partial charge in [0.05, 0.1) is 6.21 Å². The van der Waals surface area contributed by atoms with E-state index in [0.717, 1.165) is 0 Å². The molecule has 0 saturated carbocycles. The van der Waals surface area contributed by atoms with Crippen LogP contribution >= 0.6 is 0 Å². The average Bonchev–Trinajstić information content (AvgIpc) is 3.28. The second-order valence-corrected chi connectivity index (χ2v) is 7.39. The van der Waals surface area contributed by atoms with Crippen LogP contribution in [0.4, 0.5) is 0 Å². The summed E-state index contributed by atoms with van der Waals surface area (Å²) >= 11 is 0. The summed E-state index contributed by atoms with van der Waals surface area (Å²) in [5.74, 6) is -0.324. The smallest absolute Gasteiger partial charge is 0.287 e. The number of fused-ring (bicyclic) bond motifs is 1. The van der Waals surface area contributed by atoms with Crippen LogP contribution in [0.15, 0.2) is 71.5 Å².